The third kappa shape index (κ3) is 5.36. The highest BCUT2D eigenvalue weighted by Crippen LogP contribution is 2.41. The monoisotopic (exact) mass is 371 g/mol. The second kappa shape index (κ2) is 7.82. The van der Waals surface area contributed by atoms with Gasteiger partial charge < -0.3 is 10.4 Å². The van der Waals surface area contributed by atoms with Gasteiger partial charge in [-0.2, -0.15) is 34.6 Å². The van der Waals surface area contributed by atoms with Gasteiger partial charge in [0.2, 0.25) is 5.91 Å². The molecule has 24 heavy (non-hydrogen) atoms. The highest BCUT2D eigenvalue weighted by molar-refractivity contribution is 7.81. The standard InChI is InChI=1S/C14H14F5NO3S/c15-13(16,14(17,18)19)10(24)7-11(21)20-9(12(22)23)6-8-4-2-1-3-5-8/h1-5,9-10,24H,6-7H2,(H,20,21)(H,22,23). The number of alkyl halides is 5. The Bertz CT molecular complexity index is 580. The van der Waals surface area contributed by atoms with E-state index in [1.54, 1.807) is 30.3 Å². The summed E-state index contributed by atoms with van der Waals surface area (Å²) in [6.45, 7) is 0. The zero-order valence-corrected chi connectivity index (χ0v) is 13.0. The zero-order valence-electron chi connectivity index (χ0n) is 12.1. The van der Waals surface area contributed by atoms with Crippen molar-refractivity contribution in [3.63, 3.8) is 0 Å². The van der Waals surface area contributed by atoms with E-state index in [1.165, 1.54) is 0 Å². The van der Waals surface area contributed by atoms with Crippen molar-refractivity contribution in [1.29, 1.82) is 0 Å². The van der Waals surface area contributed by atoms with Crippen LogP contribution in [0.2, 0.25) is 0 Å². The molecule has 10 heteroatoms. The largest absolute Gasteiger partial charge is 0.480 e. The Morgan fingerprint density at radius 2 is 1.67 bits per heavy atom. The molecular formula is C14H14F5NO3S. The highest BCUT2D eigenvalue weighted by Gasteiger charge is 2.61. The van der Waals surface area contributed by atoms with E-state index in [1.807, 2.05) is 5.32 Å². The Morgan fingerprint density at radius 3 is 2.12 bits per heavy atom. The van der Waals surface area contributed by atoms with Crippen LogP contribution >= 0.6 is 12.6 Å². The number of benzene rings is 1. The Hall–Kier alpha value is -1.84. The van der Waals surface area contributed by atoms with Gasteiger partial charge in [0.1, 0.15) is 6.04 Å². The molecule has 0 aliphatic rings. The summed E-state index contributed by atoms with van der Waals surface area (Å²) in [5.41, 5.74) is 0.549. The molecule has 1 amide bonds. The van der Waals surface area contributed by atoms with E-state index < -0.39 is 41.7 Å². The second-order valence-electron chi connectivity index (χ2n) is 4.99. The third-order valence-corrected chi connectivity index (χ3v) is 3.60. The van der Waals surface area contributed by atoms with Crippen molar-refractivity contribution in [2.45, 2.75) is 36.2 Å². The number of hydrogen-bond donors (Lipinski definition) is 3. The van der Waals surface area contributed by atoms with Crippen molar-refractivity contribution in [3.05, 3.63) is 35.9 Å². The van der Waals surface area contributed by atoms with Crippen molar-refractivity contribution in [2.24, 2.45) is 0 Å². The SMILES string of the molecule is O=C(CC(S)C(F)(F)C(F)(F)F)NC(Cc1ccccc1)C(=O)O. The number of amides is 1. The Labute approximate surface area is 139 Å². The number of carboxylic acid groups (broad SMARTS) is 1. The molecule has 0 bridgehead atoms. The van der Waals surface area contributed by atoms with Gasteiger partial charge in [-0.05, 0) is 5.56 Å². The summed E-state index contributed by atoms with van der Waals surface area (Å²) in [6, 6.07) is 6.65. The fourth-order valence-electron chi connectivity index (χ4n) is 1.80. The molecule has 0 aromatic heterocycles. The minimum Gasteiger partial charge on any atom is -0.480 e. The van der Waals surface area contributed by atoms with E-state index in [4.69, 9.17) is 5.11 Å². The summed E-state index contributed by atoms with van der Waals surface area (Å²) >= 11 is 3.14. The Morgan fingerprint density at radius 1 is 1.12 bits per heavy atom. The molecule has 0 saturated carbocycles. The number of halogens is 5. The first-order chi connectivity index (χ1) is 10.9. The van der Waals surface area contributed by atoms with Crippen LogP contribution < -0.4 is 5.32 Å². The van der Waals surface area contributed by atoms with Crippen molar-refractivity contribution in [2.75, 3.05) is 0 Å². The minimum atomic E-state index is -5.85. The average molecular weight is 371 g/mol. The van der Waals surface area contributed by atoms with E-state index in [9.17, 15) is 31.5 Å². The normalized spacial score (nSPS) is 14.8. The van der Waals surface area contributed by atoms with Crippen molar-refractivity contribution < 1.29 is 36.6 Å². The predicted molar refractivity (Wildman–Crippen MR) is 78.1 cm³/mol. The summed E-state index contributed by atoms with van der Waals surface area (Å²) < 4.78 is 62.6. The summed E-state index contributed by atoms with van der Waals surface area (Å²) in [4.78, 5) is 22.7. The van der Waals surface area contributed by atoms with Gasteiger partial charge in [-0.25, -0.2) is 4.79 Å². The second-order valence-corrected chi connectivity index (χ2v) is 5.61. The first-order valence-corrected chi connectivity index (χ1v) is 7.15. The van der Waals surface area contributed by atoms with Crippen LogP contribution in [0.4, 0.5) is 22.0 Å². The van der Waals surface area contributed by atoms with E-state index in [0.717, 1.165) is 0 Å². The van der Waals surface area contributed by atoms with Crippen molar-refractivity contribution in [3.8, 4) is 0 Å². The van der Waals surface area contributed by atoms with Gasteiger partial charge in [0.25, 0.3) is 0 Å². The van der Waals surface area contributed by atoms with Gasteiger partial charge in [-0.3, -0.25) is 4.79 Å². The number of nitrogens with one attached hydrogen (secondary N) is 1. The molecule has 4 nitrogen and oxygen atoms in total. The Kier molecular flexibility index (Phi) is 6.58. The van der Waals surface area contributed by atoms with E-state index in [0.29, 0.717) is 5.56 Å². The maximum absolute atomic E-state index is 13.0. The lowest BCUT2D eigenvalue weighted by atomic mass is 10.1. The zero-order chi connectivity index (χ0) is 18.5. The fourth-order valence-corrected chi connectivity index (χ4v) is 2.11. The quantitative estimate of drug-likeness (QED) is 0.510. The maximum atomic E-state index is 13.0. The van der Waals surface area contributed by atoms with E-state index in [-0.39, 0.29) is 6.42 Å². The van der Waals surface area contributed by atoms with Gasteiger partial charge >= 0.3 is 18.1 Å². The number of carboxylic acids is 1. The molecule has 2 atom stereocenters. The van der Waals surface area contributed by atoms with Crippen molar-refractivity contribution in [1.82, 2.24) is 5.32 Å². The third-order valence-electron chi connectivity index (χ3n) is 3.09. The Balaban J connectivity index is 2.71. The number of carbonyl (C=O) groups excluding carboxylic acids is 1. The predicted octanol–water partition coefficient (Wildman–Crippen LogP) is 2.68. The molecule has 134 valence electrons. The number of carbonyl (C=O) groups is 2. The van der Waals surface area contributed by atoms with Crippen LogP contribution in [0.5, 0.6) is 0 Å². The number of aliphatic carboxylic acids is 1. The lowest BCUT2D eigenvalue weighted by Crippen LogP contribution is -2.48. The van der Waals surface area contributed by atoms with Crippen molar-refractivity contribution >= 4 is 24.5 Å². The first kappa shape index (κ1) is 20.2. The van der Waals surface area contributed by atoms with E-state index in [2.05, 4.69) is 12.6 Å². The van der Waals surface area contributed by atoms with Crippen LogP contribution in [0.15, 0.2) is 30.3 Å². The van der Waals surface area contributed by atoms with Gasteiger partial charge in [0, 0.05) is 12.8 Å². The molecule has 0 saturated heterocycles. The lowest BCUT2D eigenvalue weighted by Gasteiger charge is -2.25. The lowest BCUT2D eigenvalue weighted by molar-refractivity contribution is -0.281. The van der Waals surface area contributed by atoms with Crippen LogP contribution in [0.25, 0.3) is 0 Å². The molecule has 0 radical (unpaired) electrons. The number of thiol groups is 1. The molecule has 0 aliphatic carbocycles. The molecule has 0 spiro atoms. The molecular weight excluding hydrogens is 357 g/mol. The topological polar surface area (TPSA) is 66.4 Å². The summed E-state index contributed by atoms with van der Waals surface area (Å²) in [5.74, 6) is -7.88. The fraction of sp³-hybridized carbons (Fsp3) is 0.429. The van der Waals surface area contributed by atoms with Crippen LogP contribution in [0, 0.1) is 0 Å². The van der Waals surface area contributed by atoms with Gasteiger partial charge in [-0.15, -0.1) is 0 Å². The van der Waals surface area contributed by atoms with Gasteiger partial charge in [0.15, 0.2) is 0 Å². The first-order valence-electron chi connectivity index (χ1n) is 6.64. The number of rotatable bonds is 7. The molecule has 0 aliphatic heterocycles. The molecule has 2 unspecified atom stereocenters. The number of hydrogen-bond acceptors (Lipinski definition) is 3. The van der Waals surface area contributed by atoms with Gasteiger partial charge in [-0.1, -0.05) is 30.3 Å². The van der Waals surface area contributed by atoms with Crippen LogP contribution in [-0.4, -0.2) is 40.4 Å². The molecule has 1 rings (SSSR count). The smallest absolute Gasteiger partial charge is 0.454 e. The molecule has 0 heterocycles. The molecule has 2 N–H and O–H groups in total. The minimum absolute atomic E-state index is 0.144. The molecule has 1 aromatic rings. The average Bonchev–Trinajstić information content (AvgIpc) is 2.46. The van der Waals surface area contributed by atoms with Crippen LogP contribution in [0.1, 0.15) is 12.0 Å². The molecule has 1 aromatic carbocycles. The molecule has 0 fully saturated rings. The summed E-state index contributed by atoms with van der Waals surface area (Å²) in [7, 11) is 0. The van der Waals surface area contributed by atoms with Gasteiger partial charge in [0.05, 0.1) is 5.25 Å². The summed E-state index contributed by atoms with van der Waals surface area (Å²) in [5, 5.41) is 8.35. The maximum Gasteiger partial charge on any atom is 0.454 e. The summed E-state index contributed by atoms with van der Waals surface area (Å²) in [6.07, 6.45) is -7.28. The highest BCUT2D eigenvalue weighted by atomic mass is 32.1. The van der Waals surface area contributed by atoms with Crippen LogP contribution in [-0.2, 0) is 16.0 Å². The van der Waals surface area contributed by atoms with Crippen LogP contribution in [0.3, 0.4) is 0 Å². The van der Waals surface area contributed by atoms with E-state index >= 15 is 0 Å².